The smallest absolute Gasteiger partial charge is 0.230 e. The van der Waals surface area contributed by atoms with E-state index in [-0.39, 0.29) is 5.91 Å². The van der Waals surface area contributed by atoms with Crippen molar-refractivity contribution in [3.05, 3.63) is 72.2 Å². The van der Waals surface area contributed by atoms with Gasteiger partial charge < -0.3 is 15.0 Å². The van der Waals surface area contributed by atoms with Gasteiger partial charge in [0.15, 0.2) is 0 Å². The third-order valence-electron chi connectivity index (χ3n) is 5.37. The number of hydrogen-bond acceptors (Lipinski definition) is 5. The number of H-pyrrole nitrogens is 1. The molecule has 150 valence electrons. The highest BCUT2D eigenvalue weighted by molar-refractivity contribution is 5.86. The van der Waals surface area contributed by atoms with Crippen LogP contribution in [-0.4, -0.2) is 47.8 Å². The zero-order valence-corrected chi connectivity index (χ0v) is 16.5. The molecule has 0 saturated carbocycles. The molecule has 0 aliphatic carbocycles. The maximum absolute atomic E-state index is 13.2. The summed E-state index contributed by atoms with van der Waals surface area (Å²) in [5.41, 5.74) is 1.69. The lowest BCUT2D eigenvalue weighted by molar-refractivity contribution is -0.132. The van der Waals surface area contributed by atoms with E-state index in [1.807, 2.05) is 48.7 Å². The number of carbonyl (C=O) groups excluding carboxylic acids is 1. The van der Waals surface area contributed by atoms with Gasteiger partial charge in [-0.15, -0.1) is 0 Å². The molecule has 7 heteroatoms. The lowest BCUT2D eigenvalue weighted by atomic mass is 9.73. The molecule has 0 spiro atoms. The quantitative estimate of drug-likeness (QED) is 0.615. The molecule has 1 amide bonds. The Morgan fingerprint density at radius 3 is 2.86 bits per heavy atom. The van der Waals surface area contributed by atoms with Gasteiger partial charge in [-0.05, 0) is 48.2 Å². The van der Waals surface area contributed by atoms with Crippen LogP contribution in [0.15, 0.2) is 61.1 Å². The highest BCUT2D eigenvalue weighted by atomic mass is 16.5. The van der Waals surface area contributed by atoms with Gasteiger partial charge in [-0.2, -0.15) is 5.10 Å². The Balaban J connectivity index is 1.47. The summed E-state index contributed by atoms with van der Waals surface area (Å²) >= 11 is 0. The SMILES string of the molecule is COc1cccc(CC2(C(=O)NCCc3cn[nH]c3)CN(c3ccccn3)C2)c1. The average molecular weight is 391 g/mol. The highest BCUT2D eigenvalue weighted by Gasteiger charge is 2.49. The number of aromatic nitrogens is 3. The molecule has 4 rings (SSSR count). The molecule has 7 nitrogen and oxygen atoms in total. The van der Waals surface area contributed by atoms with Crippen molar-refractivity contribution in [2.24, 2.45) is 5.41 Å². The van der Waals surface area contributed by atoms with Gasteiger partial charge >= 0.3 is 0 Å². The second-order valence-electron chi connectivity index (χ2n) is 7.47. The van der Waals surface area contributed by atoms with Crippen LogP contribution >= 0.6 is 0 Å². The molecule has 3 heterocycles. The molecule has 0 unspecified atom stereocenters. The molecule has 0 atom stereocenters. The number of carbonyl (C=O) groups is 1. The zero-order valence-electron chi connectivity index (χ0n) is 16.5. The predicted octanol–water partition coefficient (Wildman–Crippen LogP) is 2.22. The second-order valence-corrected chi connectivity index (χ2v) is 7.47. The zero-order chi connectivity index (χ0) is 20.1. The third kappa shape index (κ3) is 4.23. The van der Waals surface area contributed by atoms with E-state index in [0.717, 1.165) is 29.1 Å². The Kier molecular flexibility index (Phi) is 5.46. The first-order valence-corrected chi connectivity index (χ1v) is 9.73. The van der Waals surface area contributed by atoms with Crippen molar-refractivity contribution in [2.75, 3.05) is 31.6 Å². The van der Waals surface area contributed by atoms with Gasteiger partial charge in [-0.3, -0.25) is 9.89 Å². The lowest BCUT2D eigenvalue weighted by Gasteiger charge is -2.49. The molecule has 0 radical (unpaired) electrons. The maximum Gasteiger partial charge on any atom is 0.230 e. The monoisotopic (exact) mass is 391 g/mol. The molecular formula is C22H25N5O2. The summed E-state index contributed by atoms with van der Waals surface area (Å²) in [5, 5.41) is 9.87. The standard InChI is InChI=1S/C22H25N5O2/c1-29-19-6-4-5-17(11-19)12-22(15-27(16-22)20-7-2-3-9-23-20)21(28)24-10-8-18-13-25-26-14-18/h2-7,9,11,13-14H,8,10,12,15-16H2,1H3,(H,24,28)(H,25,26). The van der Waals surface area contributed by atoms with Crippen molar-refractivity contribution >= 4 is 11.7 Å². The van der Waals surface area contributed by atoms with Crippen molar-refractivity contribution in [3.8, 4) is 5.75 Å². The number of amides is 1. The molecule has 1 saturated heterocycles. The first-order valence-electron chi connectivity index (χ1n) is 9.73. The van der Waals surface area contributed by atoms with Crippen molar-refractivity contribution in [3.63, 3.8) is 0 Å². The van der Waals surface area contributed by atoms with E-state index in [9.17, 15) is 4.79 Å². The van der Waals surface area contributed by atoms with Crippen LogP contribution in [0.3, 0.4) is 0 Å². The summed E-state index contributed by atoms with van der Waals surface area (Å²) in [5.74, 6) is 1.79. The summed E-state index contributed by atoms with van der Waals surface area (Å²) in [6, 6.07) is 13.8. The maximum atomic E-state index is 13.2. The Bertz CT molecular complexity index is 937. The number of hydrogen-bond donors (Lipinski definition) is 2. The van der Waals surface area contributed by atoms with E-state index >= 15 is 0 Å². The number of anilines is 1. The Morgan fingerprint density at radius 2 is 2.14 bits per heavy atom. The number of methoxy groups -OCH3 is 1. The van der Waals surface area contributed by atoms with Gasteiger partial charge in [0.05, 0.1) is 18.7 Å². The molecule has 2 aromatic heterocycles. The number of ether oxygens (including phenoxy) is 1. The van der Waals surface area contributed by atoms with Crippen LogP contribution < -0.4 is 15.0 Å². The summed E-state index contributed by atoms with van der Waals surface area (Å²) in [7, 11) is 1.66. The molecule has 1 aliphatic heterocycles. The van der Waals surface area contributed by atoms with Crippen LogP contribution in [0.25, 0.3) is 0 Å². The minimum Gasteiger partial charge on any atom is -0.497 e. The normalized spacial score (nSPS) is 14.9. The van der Waals surface area contributed by atoms with E-state index in [2.05, 4.69) is 25.4 Å². The lowest BCUT2D eigenvalue weighted by Crippen LogP contribution is -2.64. The largest absolute Gasteiger partial charge is 0.497 e. The van der Waals surface area contributed by atoms with E-state index in [0.29, 0.717) is 26.1 Å². The van der Waals surface area contributed by atoms with E-state index in [1.165, 1.54) is 0 Å². The number of pyridine rings is 1. The van der Waals surface area contributed by atoms with Gasteiger partial charge in [0, 0.05) is 32.0 Å². The van der Waals surface area contributed by atoms with E-state index in [4.69, 9.17) is 4.74 Å². The minimum absolute atomic E-state index is 0.0796. The number of benzene rings is 1. The third-order valence-corrected chi connectivity index (χ3v) is 5.37. The molecule has 2 N–H and O–H groups in total. The van der Waals surface area contributed by atoms with Crippen LogP contribution in [0.2, 0.25) is 0 Å². The van der Waals surface area contributed by atoms with Gasteiger partial charge in [0.1, 0.15) is 11.6 Å². The summed E-state index contributed by atoms with van der Waals surface area (Å²) in [6.45, 7) is 1.86. The summed E-state index contributed by atoms with van der Waals surface area (Å²) < 4.78 is 5.35. The Hall–Kier alpha value is -3.35. The van der Waals surface area contributed by atoms with E-state index in [1.54, 1.807) is 19.5 Å². The molecular weight excluding hydrogens is 366 g/mol. The number of nitrogens with one attached hydrogen (secondary N) is 2. The number of aromatic amines is 1. The number of nitrogens with zero attached hydrogens (tertiary/aromatic N) is 3. The van der Waals surface area contributed by atoms with Crippen LogP contribution in [0, 0.1) is 5.41 Å². The van der Waals surface area contributed by atoms with Gasteiger partial charge in [-0.25, -0.2) is 4.98 Å². The van der Waals surface area contributed by atoms with Crippen LogP contribution in [0.4, 0.5) is 5.82 Å². The molecule has 1 aliphatic rings. The first-order chi connectivity index (χ1) is 14.2. The Morgan fingerprint density at radius 1 is 1.24 bits per heavy atom. The fraction of sp³-hybridized carbons (Fsp3) is 0.318. The fourth-order valence-electron chi connectivity index (χ4n) is 3.82. The second kappa shape index (κ2) is 8.34. The minimum atomic E-state index is -0.486. The van der Waals surface area contributed by atoms with Crippen molar-refractivity contribution in [2.45, 2.75) is 12.8 Å². The topological polar surface area (TPSA) is 83.1 Å². The van der Waals surface area contributed by atoms with Crippen molar-refractivity contribution < 1.29 is 9.53 Å². The molecule has 3 aromatic rings. The molecule has 29 heavy (non-hydrogen) atoms. The Labute approximate surface area is 170 Å². The first kappa shape index (κ1) is 19.0. The summed E-state index contributed by atoms with van der Waals surface area (Å²) in [6.07, 6.45) is 6.82. The van der Waals surface area contributed by atoms with Crippen molar-refractivity contribution in [1.29, 1.82) is 0 Å². The number of rotatable bonds is 8. The van der Waals surface area contributed by atoms with Gasteiger partial charge in [0.25, 0.3) is 0 Å². The van der Waals surface area contributed by atoms with E-state index < -0.39 is 5.41 Å². The predicted molar refractivity (Wildman–Crippen MR) is 111 cm³/mol. The van der Waals surface area contributed by atoms with Gasteiger partial charge in [0.2, 0.25) is 5.91 Å². The van der Waals surface area contributed by atoms with Crippen LogP contribution in [0.5, 0.6) is 5.75 Å². The van der Waals surface area contributed by atoms with Crippen LogP contribution in [0.1, 0.15) is 11.1 Å². The van der Waals surface area contributed by atoms with Crippen molar-refractivity contribution in [1.82, 2.24) is 20.5 Å². The van der Waals surface area contributed by atoms with Crippen LogP contribution in [-0.2, 0) is 17.6 Å². The fourth-order valence-corrected chi connectivity index (χ4v) is 3.82. The molecule has 1 aromatic carbocycles. The molecule has 0 bridgehead atoms. The highest BCUT2D eigenvalue weighted by Crippen LogP contribution is 2.37. The summed E-state index contributed by atoms with van der Waals surface area (Å²) in [4.78, 5) is 19.8. The van der Waals surface area contributed by atoms with Gasteiger partial charge in [-0.1, -0.05) is 18.2 Å². The molecule has 1 fully saturated rings. The average Bonchev–Trinajstić information content (AvgIpc) is 3.24.